The molecule has 2 aromatic carbocycles. The summed E-state index contributed by atoms with van der Waals surface area (Å²) in [5, 5.41) is 8.85. The average Bonchev–Trinajstić information content (AvgIpc) is 2.39. The summed E-state index contributed by atoms with van der Waals surface area (Å²) in [5.41, 5.74) is -0.657. The zero-order chi connectivity index (χ0) is 14.0. The maximum atomic E-state index is 14.0. The van der Waals surface area contributed by atoms with Gasteiger partial charge in [-0.3, -0.25) is 0 Å². The van der Waals surface area contributed by atoms with Gasteiger partial charge in [0.25, 0.3) is 0 Å². The molecule has 0 radical (unpaired) electrons. The molecular weight excluding hydrogens is 254 g/mol. The fraction of sp³-hybridized carbons (Fsp3) is 0.0714. The van der Waals surface area contributed by atoms with Crippen LogP contribution in [0.25, 0.3) is 11.1 Å². The molecule has 0 fully saturated rings. The van der Waals surface area contributed by atoms with E-state index < -0.39 is 23.2 Å². The van der Waals surface area contributed by atoms with E-state index in [1.165, 1.54) is 31.4 Å². The highest BCUT2D eigenvalue weighted by Gasteiger charge is 2.17. The lowest BCUT2D eigenvalue weighted by Crippen LogP contribution is -2.02. The molecule has 0 aliphatic heterocycles. The topological polar surface area (TPSA) is 46.5 Å². The van der Waals surface area contributed by atoms with Crippen molar-refractivity contribution < 1.29 is 23.4 Å². The van der Waals surface area contributed by atoms with Crippen molar-refractivity contribution in [1.29, 1.82) is 0 Å². The molecule has 0 aliphatic carbocycles. The third kappa shape index (κ3) is 2.40. The van der Waals surface area contributed by atoms with E-state index in [0.29, 0.717) is 5.75 Å². The summed E-state index contributed by atoms with van der Waals surface area (Å²) in [6.45, 7) is 0. The number of ether oxygens (including phenoxy) is 1. The Morgan fingerprint density at radius 3 is 2.53 bits per heavy atom. The largest absolute Gasteiger partial charge is 0.497 e. The molecule has 19 heavy (non-hydrogen) atoms. The van der Waals surface area contributed by atoms with Crippen LogP contribution in [0.3, 0.4) is 0 Å². The number of benzene rings is 2. The second kappa shape index (κ2) is 5.06. The third-order valence-corrected chi connectivity index (χ3v) is 2.69. The van der Waals surface area contributed by atoms with Gasteiger partial charge >= 0.3 is 5.97 Å². The van der Waals surface area contributed by atoms with Gasteiger partial charge in [-0.15, -0.1) is 0 Å². The van der Waals surface area contributed by atoms with Crippen LogP contribution in [0.2, 0.25) is 0 Å². The van der Waals surface area contributed by atoms with Gasteiger partial charge in [-0.25, -0.2) is 13.6 Å². The zero-order valence-electron chi connectivity index (χ0n) is 9.98. The van der Waals surface area contributed by atoms with E-state index in [-0.39, 0.29) is 11.1 Å². The standard InChI is InChI=1S/C14H10F2O3/c1-19-8-5-6-12(15)11(7-8)9-3-2-4-10(13(9)16)14(17)18/h2-7H,1H3,(H,17,18). The van der Waals surface area contributed by atoms with Gasteiger partial charge in [-0.2, -0.15) is 0 Å². The van der Waals surface area contributed by atoms with Crippen molar-refractivity contribution in [2.75, 3.05) is 7.11 Å². The summed E-state index contributed by atoms with van der Waals surface area (Å²) >= 11 is 0. The van der Waals surface area contributed by atoms with Crippen molar-refractivity contribution in [2.24, 2.45) is 0 Å². The van der Waals surface area contributed by atoms with E-state index in [2.05, 4.69) is 0 Å². The Balaban J connectivity index is 2.65. The van der Waals surface area contributed by atoms with Crippen molar-refractivity contribution in [1.82, 2.24) is 0 Å². The lowest BCUT2D eigenvalue weighted by Gasteiger charge is -2.09. The number of hydrogen-bond acceptors (Lipinski definition) is 2. The Morgan fingerprint density at radius 2 is 1.89 bits per heavy atom. The number of rotatable bonds is 3. The van der Waals surface area contributed by atoms with Gasteiger partial charge in [0.05, 0.1) is 12.7 Å². The van der Waals surface area contributed by atoms with Crippen LogP contribution in [0.15, 0.2) is 36.4 Å². The molecule has 2 rings (SSSR count). The summed E-state index contributed by atoms with van der Waals surface area (Å²) in [6, 6.07) is 7.66. The lowest BCUT2D eigenvalue weighted by atomic mass is 10.0. The molecule has 0 amide bonds. The molecule has 98 valence electrons. The van der Waals surface area contributed by atoms with Crippen LogP contribution in [0.5, 0.6) is 5.75 Å². The van der Waals surface area contributed by atoms with Crippen LogP contribution < -0.4 is 4.74 Å². The Bertz CT molecular complexity index is 639. The number of hydrogen-bond donors (Lipinski definition) is 1. The third-order valence-electron chi connectivity index (χ3n) is 2.69. The van der Waals surface area contributed by atoms with Crippen molar-refractivity contribution in [3.05, 3.63) is 53.6 Å². The smallest absolute Gasteiger partial charge is 0.338 e. The van der Waals surface area contributed by atoms with Gasteiger partial charge in [0.15, 0.2) is 0 Å². The van der Waals surface area contributed by atoms with Gasteiger partial charge in [-0.1, -0.05) is 12.1 Å². The first-order chi connectivity index (χ1) is 9.04. The van der Waals surface area contributed by atoms with Crippen LogP contribution >= 0.6 is 0 Å². The summed E-state index contributed by atoms with van der Waals surface area (Å²) in [5.74, 6) is -2.66. The predicted molar refractivity (Wildman–Crippen MR) is 65.3 cm³/mol. The minimum absolute atomic E-state index is 0.0417. The Kier molecular flexibility index (Phi) is 3.46. The maximum Gasteiger partial charge on any atom is 0.338 e. The van der Waals surface area contributed by atoms with E-state index in [9.17, 15) is 13.6 Å². The molecule has 0 unspecified atom stereocenters. The van der Waals surface area contributed by atoms with Gasteiger partial charge in [0, 0.05) is 11.1 Å². The second-order valence-corrected chi connectivity index (χ2v) is 3.82. The highest BCUT2D eigenvalue weighted by atomic mass is 19.1. The minimum atomic E-state index is -1.40. The van der Waals surface area contributed by atoms with Gasteiger partial charge < -0.3 is 9.84 Å². The maximum absolute atomic E-state index is 14.0. The quantitative estimate of drug-likeness (QED) is 0.924. The minimum Gasteiger partial charge on any atom is -0.497 e. The summed E-state index contributed by atoms with van der Waals surface area (Å²) in [4.78, 5) is 10.9. The van der Waals surface area contributed by atoms with Gasteiger partial charge in [0.2, 0.25) is 0 Å². The molecule has 0 saturated carbocycles. The predicted octanol–water partition coefficient (Wildman–Crippen LogP) is 3.34. The second-order valence-electron chi connectivity index (χ2n) is 3.82. The van der Waals surface area contributed by atoms with Crippen LogP contribution in [0.4, 0.5) is 8.78 Å². The molecule has 0 aromatic heterocycles. The normalized spacial score (nSPS) is 10.3. The summed E-state index contributed by atoms with van der Waals surface area (Å²) in [7, 11) is 1.40. The number of carboxylic acids is 1. The molecule has 0 aliphatic rings. The Labute approximate surface area is 108 Å². The van der Waals surface area contributed by atoms with E-state index in [1.807, 2.05) is 0 Å². The molecule has 2 aromatic rings. The molecule has 0 spiro atoms. The molecular formula is C14H10F2O3. The van der Waals surface area contributed by atoms with Gasteiger partial charge in [0.1, 0.15) is 17.4 Å². The SMILES string of the molecule is COc1ccc(F)c(-c2cccc(C(=O)O)c2F)c1. The molecule has 0 atom stereocenters. The first-order valence-corrected chi connectivity index (χ1v) is 5.40. The summed E-state index contributed by atoms with van der Waals surface area (Å²) < 4.78 is 32.7. The molecule has 0 saturated heterocycles. The molecule has 5 heteroatoms. The Morgan fingerprint density at radius 1 is 1.16 bits per heavy atom. The zero-order valence-corrected chi connectivity index (χ0v) is 9.98. The average molecular weight is 264 g/mol. The first-order valence-electron chi connectivity index (χ1n) is 5.40. The van der Waals surface area contributed by atoms with Crippen LogP contribution in [-0.4, -0.2) is 18.2 Å². The summed E-state index contributed by atoms with van der Waals surface area (Å²) in [6.07, 6.45) is 0. The fourth-order valence-electron chi connectivity index (χ4n) is 1.74. The van der Waals surface area contributed by atoms with E-state index in [4.69, 9.17) is 9.84 Å². The van der Waals surface area contributed by atoms with Gasteiger partial charge in [-0.05, 0) is 24.3 Å². The number of carboxylic acid groups (broad SMARTS) is 1. The molecule has 0 heterocycles. The number of methoxy groups -OCH3 is 1. The van der Waals surface area contributed by atoms with E-state index >= 15 is 0 Å². The van der Waals surface area contributed by atoms with Crippen LogP contribution in [-0.2, 0) is 0 Å². The highest BCUT2D eigenvalue weighted by Crippen LogP contribution is 2.30. The van der Waals surface area contributed by atoms with E-state index in [0.717, 1.165) is 12.1 Å². The van der Waals surface area contributed by atoms with Crippen LogP contribution in [0, 0.1) is 11.6 Å². The van der Waals surface area contributed by atoms with Crippen molar-refractivity contribution >= 4 is 5.97 Å². The van der Waals surface area contributed by atoms with Crippen molar-refractivity contribution in [2.45, 2.75) is 0 Å². The first kappa shape index (κ1) is 13.0. The monoisotopic (exact) mass is 264 g/mol. The number of carbonyl (C=O) groups is 1. The van der Waals surface area contributed by atoms with Crippen LogP contribution in [0.1, 0.15) is 10.4 Å². The molecule has 0 bridgehead atoms. The number of halogens is 2. The number of aromatic carboxylic acids is 1. The van der Waals surface area contributed by atoms with Crippen molar-refractivity contribution in [3.63, 3.8) is 0 Å². The highest BCUT2D eigenvalue weighted by molar-refractivity contribution is 5.90. The molecule has 1 N–H and O–H groups in total. The lowest BCUT2D eigenvalue weighted by molar-refractivity contribution is 0.0692. The Hall–Kier alpha value is -2.43. The van der Waals surface area contributed by atoms with E-state index in [1.54, 1.807) is 0 Å². The fourth-order valence-corrected chi connectivity index (χ4v) is 1.74. The molecule has 3 nitrogen and oxygen atoms in total. The van der Waals surface area contributed by atoms with Crippen molar-refractivity contribution in [3.8, 4) is 16.9 Å².